The standard InChI is InChI=1S/C24H24N6O3/c31-24(28-21-16-25-8-9-26-21)18-5-3-6-19-22(18)29-23(27-19)17-4-1-2-7-20(17)33-15-12-30-10-13-32-14-11-30/h1-9,16H,10-15H2,(H,27,29)(H,26,28,31). The fraction of sp³-hybridized carbons (Fsp3) is 0.250. The van der Waals surface area contributed by atoms with Crippen molar-refractivity contribution in [1.82, 2.24) is 24.8 Å². The number of hydrogen-bond donors (Lipinski definition) is 2. The Kier molecular flexibility index (Phi) is 6.23. The summed E-state index contributed by atoms with van der Waals surface area (Å²) in [6, 6.07) is 13.2. The van der Waals surface area contributed by atoms with Crippen molar-refractivity contribution >= 4 is 22.8 Å². The lowest BCUT2D eigenvalue weighted by molar-refractivity contribution is 0.0323. The Balaban J connectivity index is 1.37. The highest BCUT2D eigenvalue weighted by molar-refractivity contribution is 6.11. The number of benzene rings is 2. The third-order valence-corrected chi connectivity index (χ3v) is 5.47. The summed E-state index contributed by atoms with van der Waals surface area (Å²) < 4.78 is 11.5. The molecule has 9 nitrogen and oxygen atoms in total. The molecule has 0 bridgehead atoms. The summed E-state index contributed by atoms with van der Waals surface area (Å²) >= 11 is 0. The van der Waals surface area contributed by atoms with Gasteiger partial charge in [0.2, 0.25) is 0 Å². The lowest BCUT2D eigenvalue weighted by Crippen LogP contribution is -2.38. The third kappa shape index (κ3) is 4.84. The zero-order valence-corrected chi connectivity index (χ0v) is 18.0. The van der Waals surface area contributed by atoms with Crippen molar-refractivity contribution in [3.8, 4) is 17.1 Å². The minimum Gasteiger partial charge on any atom is -0.491 e. The number of imidazole rings is 1. The number of carbonyl (C=O) groups excluding carboxylic acids is 1. The van der Waals surface area contributed by atoms with E-state index < -0.39 is 0 Å². The van der Waals surface area contributed by atoms with E-state index in [4.69, 9.17) is 14.5 Å². The number of morpholine rings is 1. The monoisotopic (exact) mass is 444 g/mol. The second-order valence-electron chi connectivity index (χ2n) is 7.63. The molecule has 2 aromatic heterocycles. The number of carbonyl (C=O) groups is 1. The molecule has 0 spiro atoms. The number of amides is 1. The Bertz CT molecular complexity index is 1240. The van der Waals surface area contributed by atoms with E-state index in [1.54, 1.807) is 12.3 Å². The van der Waals surface area contributed by atoms with E-state index in [1.165, 1.54) is 12.4 Å². The second-order valence-corrected chi connectivity index (χ2v) is 7.63. The van der Waals surface area contributed by atoms with Crippen LogP contribution < -0.4 is 10.1 Å². The molecule has 0 unspecified atom stereocenters. The number of nitrogens with one attached hydrogen (secondary N) is 2. The van der Waals surface area contributed by atoms with Gasteiger partial charge in [-0.05, 0) is 24.3 Å². The van der Waals surface area contributed by atoms with E-state index in [0.717, 1.165) is 49.7 Å². The van der Waals surface area contributed by atoms with Crippen molar-refractivity contribution in [3.63, 3.8) is 0 Å². The van der Waals surface area contributed by atoms with Gasteiger partial charge in [0.1, 0.15) is 23.7 Å². The van der Waals surface area contributed by atoms with Gasteiger partial charge in [-0.2, -0.15) is 0 Å². The molecule has 5 rings (SSSR count). The van der Waals surface area contributed by atoms with Crippen LogP contribution in [0, 0.1) is 0 Å². The molecular formula is C24H24N6O3. The predicted octanol–water partition coefficient (Wildman–Crippen LogP) is 2.98. The van der Waals surface area contributed by atoms with Crippen LogP contribution in [0.1, 0.15) is 10.4 Å². The fourth-order valence-corrected chi connectivity index (χ4v) is 3.79. The molecule has 0 atom stereocenters. The molecule has 1 aliphatic heterocycles. The molecule has 1 aliphatic rings. The average molecular weight is 444 g/mol. The van der Waals surface area contributed by atoms with Gasteiger partial charge in [0.15, 0.2) is 5.82 Å². The van der Waals surface area contributed by atoms with Crippen LogP contribution in [0.4, 0.5) is 5.82 Å². The lowest BCUT2D eigenvalue weighted by atomic mass is 10.1. The Hall–Kier alpha value is -3.82. The third-order valence-electron chi connectivity index (χ3n) is 5.47. The van der Waals surface area contributed by atoms with E-state index in [0.29, 0.717) is 29.3 Å². The summed E-state index contributed by atoms with van der Waals surface area (Å²) in [5.41, 5.74) is 2.64. The van der Waals surface area contributed by atoms with E-state index in [9.17, 15) is 4.79 Å². The van der Waals surface area contributed by atoms with E-state index >= 15 is 0 Å². The molecule has 4 aromatic rings. The molecule has 33 heavy (non-hydrogen) atoms. The zero-order chi connectivity index (χ0) is 22.5. The number of aromatic amines is 1. The van der Waals surface area contributed by atoms with Crippen molar-refractivity contribution in [1.29, 1.82) is 0 Å². The molecule has 168 valence electrons. The summed E-state index contributed by atoms with van der Waals surface area (Å²) in [5.74, 6) is 1.48. The van der Waals surface area contributed by atoms with Crippen molar-refractivity contribution in [2.24, 2.45) is 0 Å². The summed E-state index contributed by atoms with van der Waals surface area (Å²) in [6.07, 6.45) is 4.58. The van der Waals surface area contributed by atoms with Crippen LogP contribution in [0.2, 0.25) is 0 Å². The van der Waals surface area contributed by atoms with Crippen LogP contribution in [0.15, 0.2) is 61.1 Å². The first-order valence-corrected chi connectivity index (χ1v) is 10.9. The van der Waals surface area contributed by atoms with Crippen LogP contribution in [0.5, 0.6) is 5.75 Å². The first-order valence-electron chi connectivity index (χ1n) is 10.9. The molecule has 1 fully saturated rings. The highest BCUT2D eigenvalue weighted by atomic mass is 16.5. The van der Waals surface area contributed by atoms with E-state index in [2.05, 4.69) is 25.2 Å². The van der Waals surface area contributed by atoms with E-state index in [-0.39, 0.29) is 5.91 Å². The van der Waals surface area contributed by atoms with Crippen LogP contribution in [-0.4, -0.2) is 70.2 Å². The molecule has 2 aromatic carbocycles. The summed E-state index contributed by atoms with van der Waals surface area (Å²) in [6.45, 7) is 4.79. The Labute approximate surface area is 190 Å². The van der Waals surface area contributed by atoms with Gasteiger partial charge in [0, 0.05) is 32.0 Å². The van der Waals surface area contributed by atoms with Gasteiger partial charge >= 0.3 is 0 Å². The highest BCUT2D eigenvalue weighted by Gasteiger charge is 2.17. The van der Waals surface area contributed by atoms with Gasteiger partial charge in [-0.3, -0.25) is 14.7 Å². The quantitative estimate of drug-likeness (QED) is 0.451. The summed E-state index contributed by atoms with van der Waals surface area (Å²) in [4.78, 5) is 31.3. The van der Waals surface area contributed by atoms with Crippen LogP contribution in [0.3, 0.4) is 0 Å². The van der Waals surface area contributed by atoms with Crippen LogP contribution in [0.25, 0.3) is 22.4 Å². The number of aromatic nitrogens is 4. The molecule has 9 heteroatoms. The van der Waals surface area contributed by atoms with Gasteiger partial charge in [0.05, 0.1) is 36.1 Å². The largest absolute Gasteiger partial charge is 0.491 e. The zero-order valence-electron chi connectivity index (χ0n) is 18.0. The number of H-pyrrole nitrogens is 1. The SMILES string of the molecule is O=C(Nc1cnccn1)c1cccc2[nH]c(-c3ccccc3OCCN3CCOCC3)nc12. The molecule has 3 heterocycles. The van der Waals surface area contributed by atoms with Gasteiger partial charge in [-0.15, -0.1) is 0 Å². The number of ether oxygens (including phenoxy) is 2. The molecule has 1 saturated heterocycles. The molecular weight excluding hydrogens is 420 g/mol. The van der Waals surface area contributed by atoms with Gasteiger partial charge < -0.3 is 19.8 Å². The number of nitrogens with zero attached hydrogens (tertiary/aromatic N) is 4. The summed E-state index contributed by atoms with van der Waals surface area (Å²) in [5, 5.41) is 2.77. The van der Waals surface area contributed by atoms with Crippen molar-refractivity contribution in [2.75, 3.05) is 44.8 Å². The summed E-state index contributed by atoms with van der Waals surface area (Å²) in [7, 11) is 0. The Morgan fingerprint density at radius 2 is 2.00 bits per heavy atom. The second kappa shape index (κ2) is 9.76. The Morgan fingerprint density at radius 3 is 2.85 bits per heavy atom. The van der Waals surface area contributed by atoms with Crippen LogP contribution in [-0.2, 0) is 4.74 Å². The molecule has 0 aliphatic carbocycles. The first kappa shape index (κ1) is 21.0. The number of para-hydroxylation sites is 2. The Morgan fingerprint density at radius 1 is 1.12 bits per heavy atom. The molecule has 0 saturated carbocycles. The molecule has 0 radical (unpaired) electrons. The van der Waals surface area contributed by atoms with E-state index in [1.807, 2.05) is 36.4 Å². The van der Waals surface area contributed by atoms with Gasteiger partial charge in [0.25, 0.3) is 5.91 Å². The topological polar surface area (TPSA) is 105 Å². The van der Waals surface area contributed by atoms with Crippen molar-refractivity contribution in [3.05, 3.63) is 66.6 Å². The first-order chi connectivity index (χ1) is 16.3. The number of anilines is 1. The average Bonchev–Trinajstić information content (AvgIpc) is 3.30. The maximum Gasteiger partial charge on any atom is 0.259 e. The lowest BCUT2D eigenvalue weighted by Gasteiger charge is -2.26. The minimum atomic E-state index is -0.297. The van der Waals surface area contributed by atoms with Gasteiger partial charge in [-0.25, -0.2) is 9.97 Å². The minimum absolute atomic E-state index is 0.297. The fourth-order valence-electron chi connectivity index (χ4n) is 3.79. The van der Waals surface area contributed by atoms with Gasteiger partial charge in [-0.1, -0.05) is 18.2 Å². The number of fused-ring (bicyclic) bond motifs is 1. The maximum absolute atomic E-state index is 12.9. The predicted molar refractivity (Wildman–Crippen MR) is 124 cm³/mol. The molecule has 1 amide bonds. The van der Waals surface area contributed by atoms with Crippen molar-refractivity contribution in [2.45, 2.75) is 0 Å². The molecule has 2 N–H and O–H groups in total. The number of rotatable bonds is 7. The normalized spacial score (nSPS) is 14.3. The van der Waals surface area contributed by atoms with Crippen molar-refractivity contribution < 1.29 is 14.3 Å². The number of hydrogen-bond acceptors (Lipinski definition) is 7. The smallest absolute Gasteiger partial charge is 0.259 e. The maximum atomic E-state index is 12.9. The highest BCUT2D eigenvalue weighted by Crippen LogP contribution is 2.30. The van der Waals surface area contributed by atoms with Crippen LogP contribution >= 0.6 is 0 Å².